The molecule has 0 fully saturated rings. The molecule has 0 atom stereocenters. The van der Waals surface area contributed by atoms with Crippen molar-refractivity contribution >= 4 is 11.6 Å². The SMILES string of the molecule is CC(=O)/C(C)=C(/C)C(C)=O. The Morgan fingerprint density at radius 2 is 0.900 bits per heavy atom. The molecule has 0 heterocycles. The molecule has 0 aliphatic rings. The van der Waals surface area contributed by atoms with Crippen molar-refractivity contribution in [3.63, 3.8) is 0 Å². The Morgan fingerprint density at radius 3 is 1.00 bits per heavy atom. The van der Waals surface area contributed by atoms with E-state index in [1.165, 1.54) is 13.8 Å². The monoisotopic (exact) mass is 140 g/mol. The van der Waals surface area contributed by atoms with E-state index < -0.39 is 0 Å². The summed E-state index contributed by atoms with van der Waals surface area (Å²) in [6.45, 7) is 6.25. The quantitative estimate of drug-likeness (QED) is 0.545. The Morgan fingerprint density at radius 1 is 0.700 bits per heavy atom. The van der Waals surface area contributed by atoms with Gasteiger partial charge in [-0.3, -0.25) is 9.59 Å². The van der Waals surface area contributed by atoms with Gasteiger partial charge in [-0.15, -0.1) is 0 Å². The zero-order valence-corrected chi connectivity index (χ0v) is 6.82. The molecule has 0 rings (SSSR count). The lowest BCUT2D eigenvalue weighted by Crippen LogP contribution is -2.01. The zero-order valence-electron chi connectivity index (χ0n) is 6.82. The van der Waals surface area contributed by atoms with Crippen molar-refractivity contribution in [1.82, 2.24) is 0 Å². The molecule has 0 amide bonds. The van der Waals surface area contributed by atoms with Crippen LogP contribution in [0.4, 0.5) is 0 Å². The lowest BCUT2D eigenvalue weighted by molar-refractivity contribution is -0.116. The molecule has 0 aromatic carbocycles. The third-order valence-corrected chi connectivity index (χ3v) is 1.62. The molecule has 0 saturated heterocycles. The lowest BCUT2D eigenvalue weighted by atomic mass is 10.1. The number of hydrogen-bond acceptors (Lipinski definition) is 2. The molecule has 0 radical (unpaired) electrons. The maximum absolute atomic E-state index is 10.7. The van der Waals surface area contributed by atoms with Crippen molar-refractivity contribution < 1.29 is 9.59 Å². The van der Waals surface area contributed by atoms with Crippen LogP contribution in [0.2, 0.25) is 0 Å². The molecule has 2 heteroatoms. The number of carbonyl (C=O) groups is 2. The second kappa shape index (κ2) is 3.30. The van der Waals surface area contributed by atoms with Gasteiger partial charge in [-0.05, 0) is 38.8 Å². The highest BCUT2D eigenvalue weighted by Gasteiger charge is 2.04. The van der Waals surface area contributed by atoms with E-state index in [9.17, 15) is 9.59 Å². The molecule has 0 bridgehead atoms. The standard InChI is InChI=1S/C8H12O2/c1-5(7(3)9)6(2)8(4)10/h1-4H3/b6-5-. The zero-order chi connectivity index (χ0) is 8.31. The summed E-state index contributed by atoms with van der Waals surface area (Å²) >= 11 is 0. The largest absolute Gasteiger partial charge is 0.295 e. The molecule has 10 heavy (non-hydrogen) atoms. The second-order valence-corrected chi connectivity index (χ2v) is 2.36. The fourth-order valence-corrected chi connectivity index (χ4v) is 0.528. The molecule has 0 unspecified atom stereocenters. The fourth-order valence-electron chi connectivity index (χ4n) is 0.528. The summed E-state index contributed by atoms with van der Waals surface area (Å²) < 4.78 is 0. The van der Waals surface area contributed by atoms with Crippen LogP contribution in [0.5, 0.6) is 0 Å². The molecule has 0 spiro atoms. The second-order valence-electron chi connectivity index (χ2n) is 2.36. The van der Waals surface area contributed by atoms with Gasteiger partial charge in [0.15, 0.2) is 11.6 Å². The highest BCUT2D eigenvalue weighted by atomic mass is 16.1. The van der Waals surface area contributed by atoms with Crippen LogP contribution in [-0.4, -0.2) is 11.6 Å². The predicted octanol–water partition coefficient (Wildman–Crippen LogP) is 1.50. The molecule has 0 aromatic rings. The average Bonchev–Trinajstić information content (AvgIpc) is 1.84. The van der Waals surface area contributed by atoms with Crippen LogP contribution in [0, 0.1) is 0 Å². The molecule has 0 saturated carbocycles. The summed E-state index contributed by atoms with van der Waals surface area (Å²) in [5.74, 6) is -0.0691. The van der Waals surface area contributed by atoms with Gasteiger partial charge >= 0.3 is 0 Å². The Labute approximate surface area is 60.9 Å². The van der Waals surface area contributed by atoms with Crippen LogP contribution in [0.3, 0.4) is 0 Å². The number of hydrogen-bond donors (Lipinski definition) is 0. The number of Topliss-reactive ketones (excluding diaryl/α,β-unsaturated/α-hetero) is 2. The normalized spacial score (nSPS) is 12.4. The van der Waals surface area contributed by atoms with Crippen LogP contribution in [0.25, 0.3) is 0 Å². The number of carbonyl (C=O) groups excluding carboxylic acids is 2. The number of allylic oxidation sites excluding steroid dienone is 2. The van der Waals surface area contributed by atoms with Gasteiger partial charge in [0.25, 0.3) is 0 Å². The minimum Gasteiger partial charge on any atom is -0.295 e. The van der Waals surface area contributed by atoms with E-state index in [-0.39, 0.29) is 11.6 Å². The van der Waals surface area contributed by atoms with Crippen LogP contribution in [0.1, 0.15) is 27.7 Å². The topological polar surface area (TPSA) is 34.1 Å². The Hall–Kier alpha value is -0.920. The van der Waals surface area contributed by atoms with Crippen molar-refractivity contribution in [2.45, 2.75) is 27.7 Å². The molecular formula is C8H12O2. The Balaban J connectivity index is 4.67. The van der Waals surface area contributed by atoms with Crippen molar-refractivity contribution in [2.75, 3.05) is 0 Å². The molecule has 0 aromatic heterocycles. The molecule has 56 valence electrons. The smallest absolute Gasteiger partial charge is 0.155 e. The molecule has 0 aliphatic heterocycles. The van der Waals surface area contributed by atoms with E-state index in [0.717, 1.165) is 0 Å². The highest BCUT2D eigenvalue weighted by molar-refractivity contribution is 6.03. The van der Waals surface area contributed by atoms with Crippen molar-refractivity contribution in [2.24, 2.45) is 0 Å². The van der Waals surface area contributed by atoms with E-state index in [0.29, 0.717) is 11.1 Å². The van der Waals surface area contributed by atoms with Gasteiger partial charge in [-0.25, -0.2) is 0 Å². The van der Waals surface area contributed by atoms with Crippen molar-refractivity contribution in [3.8, 4) is 0 Å². The molecule has 0 aliphatic carbocycles. The minimum absolute atomic E-state index is 0.0345. The maximum atomic E-state index is 10.7. The number of rotatable bonds is 2. The molecule has 0 N–H and O–H groups in total. The first-order valence-corrected chi connectivity index (χ1v) is 3.16. The van der Waals surface area contributed by atoms with Gasteiger partial charge in [-0.2, -0.15) is 0 Å². The van der Waals surface area contributed by atoms with Gasteiger partial charge in [-0.1, -0.05) is 0 Å². The maximum Gasteiger partial charge on any atom is 0.155 e. The fraction of sp³-hybridized carbons (Fsp3) is 0.500. The lowest BCUT2D eigenvalue weighted by Gasteiger charge is -1.98. The van der Waals surface area contributed by atoms with Gasteiger partial charge in [0.2, 0.25) is 0 Å². The van der Waals surface area contributed by atoms with E-state index in [2.05, 4.69) is 0 Å². The third kappa shape index (κ3) is 2.13. The average molecular weight is 140 g/mol. The summed E-state index contributed by atoms with van der Waals surface area (Å²) in [5.41, 5.74) is 1.13. The summed E-state index contributed by atoms with van der Waals surface area (Å²) in [6.07, 6.45) is 0. The van der Waals surface area contributed by atoms with Crippen molar-refractivity contribution in [3.05, 3.63) is 11.1 Å². The summed E-state index contributed by atoms with van der Waals surface area (Å²) in [7, 11) is 0. The van der Waals surface area contributed by atoms with Crippen LogP contribution in [-0.2, 0) is 9.59 Å². The van der Waals surface area contributed by atoms with Gasteiger partial charge in [0.1, 0.15) is 0 Å². The first-order chi connectivity index (χ1) is 4.46. The van der Waals surface area contributed by atoms with Gasteiger partial charge in [0, 0.05) is 0 Å². The highest BCUT2D eigenvalue weighted by Crippen LogP contribution is 2.04. The first kappa shape index (κ1) is 9.08. The summed E-state index contributed by atoms with van der Waals surface area (Å²) in [4.78, 5) is 21.4. The van der Waals surface area contributed by atoms with E-state index in [1.807, 2.05) is 0 Å². The van der Waals surface area contributed by atoms with Gasteiger partial charge < -0.3 is 0 Å². The van der Waals surface area contributed by atoms with Gasteiger partial charge in [0.05, 0.1) is 0 Å². The predicted molar refractivity (Wildman–Crippen MR) is 39.7 cm³/mol. The van der Waals surface area contributed by atoms with Crippen LogP contribution in [0.15, 0.2) is 11.1 Å². The summed E-state index contributed by atoms with van der Waals surface area (Å²) in [6, 6.07) is 0. The molecular weight excluding hydrogens is 128 g/mol. The number of ketones is 2. The van der Waals surface area contributed by atoms with E-state index in [1.54, 1.807) is 13.8 Å². The third-order valence-electron chi connectivity index (χ3n) is 1.62. The molecule has 2 nitrogen and oxygen atoms in total. The Bertz CT molecular complexity index is 177. The minimum atomic E-state index is -0.0345. The Kier molecular flexibility index (Phi) is 3.00. The van der Waals surface area contributed by atoms with Crippen LogP contribution < -0.4 is 0 Å². The van der Waals surface area contributed by atoms with Crippen LogP contribution >= 0.6 is 0 Å². The van der Waals surface area contributed by atoms with E-state index >= 15 is 0 Å². The summed E-state index contributed by atoms with van der Waals surface area (Å²) in [5, 5.41) is 0. The van der Waals surface area contributed by atoms with Crippen molar-refractivity contribution in [1.29, 1.82) is 0 Å². The first-order valence-electron chi connectivity index (χ1n) is 3.16. The van der Waals surface area contributed by atoms with E-state index in [4.69, 9.17) is 0 Å².